The van der Waals surface area contributed by atoms with Gasteiger partial charge in [-0.1, -0.05) is 0 Å². The van der Waals surface area contributed by atoms with E-state index in [1.807, 2.05) is 0 Å². The molecule has 6 nitrogen and oxygen atoms in total. The van der Waals surface area contributed by atoms with Crippen LogP contribution in [0.5, 0.6) is 0 Å². The van der Waals surface area contributed by atoms with Gasteiger partial charge < -0.3 is 9.52 Å². The van der Waals surface area contributed by atoms with Gasteiger partial charge in [-0.25, -0.2) is 18.2 Å². The minimum absolute atomic E-state index is 0.103. The van der Waals surface area contributed by atoms with Gasteiger partial charge in [0.15, 0.2) is 5.03 Å². The van der Waals surface area contributed by atoms with Crippen LogP contribution in [0.2, 0.25) is 0 Å². The number of carboxylic acid groups (broad SMARTS) is 1. The molecule has 2 rings (SSSR count). The van der Waals surface area contributed by atoms with E-state index in [0.717, 1.165) is 6.07 Å². The maximum atomic E-state index is 11.0. The lowest BCUT2D eigenvalue weighted by molar-refractivity contribution is 0.0665. The van der Waals surface area contributed by atoms with Crippen LogP contribution >= 0.6 is 10.7 Å². The number of hydrogen-bond acceptors (Lipinski definition) is 5. The Balaban J connectivity index is 2.67. The van der Waals surface area contributed by atoms with Crippen molar-refractivity contribution in [2.75, 3.05) is 0 Å². The van der Waals surface area contributed by atoms with Crippen molar-refractivity contribution in [1.82, 2.24) is 4.98 Å². The molecule has 0 radical (unpaired) electrons. The summed E-state index contributed by atoms with van der Waals surface area (Å²) in [5.74, 6) is -1.53. The number of carboxylic acids is 1. The minimum Gasteiger partial charge on any atom is -0.475 e. The Bertz CT molecular complexity index is 675. The van der Waals surface area contributed by atoms with Crippen LogP contribution in [-0.4, -0.2) is 24.5 Å². The predicted molar refractivity (Wildman–Crippen MR) is 54.0 cm³/mol. The third kappa shape index (κ3) is 1.86. The average molecular weight is 262 g/mol. The molecule has 8 heteroatoms. The second-order valence-electron chi connectivity index (χ2n) is 2.91. The molecule has 0 aliphatic heterocycles. The second kappa shape index (κ2) is 3.46. The molecular weight excluding hydrogens is 258 g/mol. The van der Waals surface area contributed by atoms with Gasteiger partial charge in [-0.3, -0.25) is 0 Å². The van der Waals surface area contributed by atoms with Crippen LogP contribution in [0, 0.1) is 0 Å². The lowest BCUT2D eigenvalue weighted by atomic mass is 10.3. The van der Waals surface area contributed by atoms with Gasteiger partial charge in [-0.15, -0.1) is 0 Å². The zero-order valence-corrected chi connectivity index (χ0v) is 9.12. The summed E-state index contributed by atoms with van der Waals surface area (Å²) in [5.41, 5.74) is 0.103. The van der Waals surface area contributed by atoms with Gasteiger partial charge in [0.25, 0.3) is 9.05 Å². The molecule has 0 amide bonds. The highest BCUT2D eigenvalue weighted by Gasteiger charge is 2.16. The zero-order chi connectivity index (χ0) is 11.9. The molecular formula is C8H4ClNO5S. The summed E-state index contributed by atoms with van der Waals surface area (Å²) in [6.45, 7) is 0. The normalized spacial score (nSPS) is 11.8. The summed E-state index contributed by atoms with van der Waals surface area (Å²) in [5, 5.41) is 8.67. The van der Waals surface area contributed by atoms with Crippen molar-refractivity contribution in [3.05, 3.63) is 24.1 Å². The molecule has 0 bridgehead atoms. The van der Waals surface area contributed by atoms with Crippen molar-refractivity contribution in [1.29, 1.82) is 0 Å². The fraction of sp³-hybridized carbons (Fsp3) is 0. The number of carbonyl (C=O) groups is 1. The van der Waals surface area contributed by atoms with Crippen molar-refractivity contribution in [2.24, 2.45) is 0 Å². The van der Waals surface area contributed by atoms with Crippen LogP contribution in [0.15, 0.2) is 27.8 Å². The van der Waals surface area contributed by atoms with Gasteiger partial charge in [-0.05, 0) is 0 Å². The molecule has 0 aliphatic rings. The number of fused-ring (bicyclic) bond motifs is 1. The van der Waals surface area contributed by atoms with Crippen LogP contribution < -0.4 is 0 Å². The van der Waals surface area contributed by atoms with E-state index in [1.54, 1.807) is 0 Å². The fourth-order valence-electron chi connectivity index (χ4n) is 1.15. The van der Waals surface area contributed by atoms with Crippen molar-refractivity contribution in [3.63, 3.8) is 0 Å². The summed E-state index contributed by atoms with van der Waals surface area (Å²) >= 11 is 0. The number of pyridine rings is 1. The Kier molecular flexibility index (Phi) is 2.36. The highest BCUT2D eigenvalue weighted by Crippen LogP contribution is 2.22. The molecule has 0 spiro atoms. The van der Waals surface area contributed by atoms with E-state index in [9.17, 15) is 13.2 Å². The Hall–Kier alpha value is -1.60. The van der Waals surface area contributed by atoms with Gasteiger partial charge in [0.1, 0.15) is 5.58 Å². The smallest absolute Gasteiger partial charge is 0.371 e. The number of aromatic carboxylic acids is 1. The highest BCUT2D eigenvalue weighted by molar-refractivity contribution is 8.13. The van der Waals surface area contributed by atoms with Crippen LogP contribution in [0.3, 0.4) is 0 Å². The molecule has 0 saturated heterocycles. The monoisotopic (exact) mass is 261 g/mol. The largest absolute Gasteiger partial charge is 0.475 e. The quantitative estimate of drug-likeness (QED) is 0.822. The maximum absolute atomic E-state index is 11.0. The maximum Gasteiger partial charge on any atom is 0.371 e. The van der Waals surface area contributed by atoms with Crippen molar-refractivity contribution in [3.8, 4) is 0 Å². The summed E-state index contributed by atoms with van der Waals surface area (Å²) in [6, 6.07) is 2.32. The van der Waals surface area contributed by atoms with Gasteiger partial charge in [0.2, 0.25) is 5.76 Å². The Morgan fingerprint density at radius 3 is 2.69 bits per heavy atom. The second-order valence-corrected chi connectivity index (χ2v) is 5.43. The zero-order valence-electron chi connectivity index (χ0n) is 7.55. The molecule has 0 atom stereocenters. The number of aromatic nitrogens is 1. The van der Waals surface area contributed by atoms with Gasteiger partial charge in [0, 0.05) is 34.4 Å². The molecule has 0 unspecified atom stereocenters. The first-order chi connectivity index (χ1) is 7.38. The standard InChI is InChI=1S/C8H4ClNO5S/c9-16(13,14)7-2-5-4(3-10-7)1-6(15-5)8(11)12/h1-3H,(H,11,12). The van der Waals surface area contributed by atoms with E-state index in [1.165, 1.54) is 12.3 Å². The van der Waals surface area contributed by atoms with Gasteiger partial charge in [-0.2, -0.15) is 0 Å². The van der Waals surface area contributed by atoms with E-state index >= 15 is 0 Å². The highest BCUT2D eigenvalue weighted by atomic mass is 35.7. The van der Waals surface area contributed by atoms with Gasteiger partial charge in [0.05, 0.1) is 0 Å². The SMILES string of the molecule is O=C(O)c1cc2cnc(S(=O)(=O)Cl)cc2o1. The van der Waals surface area contributed by atoms with Crippen LogP contribution in [0.25, 0.3) is 11.0 Å². The first-order valence-corrected chi connectivity index (χ1v) is 6.26. The van der Waals surface area contributed by atoms with E-state index in [-0.39, 0.29) is 16.4 Å². The minimum atomic E-state index is -3.95. The third-order valence-electron chi connectivity index (χ3n) is 1.84. The molecule has 2 aromatic rings. The molecule has 0 aliphatic carbocycles. The number of furan rings is 1. The van der Waals surface area contributed by atoms with Gasteiger partial charge >= 0.3 is 5.97 Å². The summed E-state index contributed by atoms with van der Waals surface area (Å²) in [4.78, 5) is 14.2. The Morgan fingerprint density at radius 1 is 1.44 bits per heavy atom. The van der Waals surface area contributed by atoms with E-state index < -0.39 is 15.0 Å². The van der Waals surface area contributed by atoms with Crippen LogP contribution in [-0.2, 0) is 9.05 Å². The molecule has 0 aromatic carbocycles. The fourth-order valence-corrected chi connectivity index (χ4v) is 1.83. The van der Waals surface area contributed by atoms with E-state index in [2.05, 4.69) is 4.98 Å². The Labute approximate surface area is 93.9 Å². The molecule has 0 fully saturated rings. The van der Waals surface area contributed by atoms with E-state index in [4.69, 9.17) is 20.2 Å². The molecule has 1 N–H and O–H groups in total. The Morgan fingerprint density at radius 2 is 2.12 bits per heavy atom. The van der Waals surface area contributed by atoms with E-state index in [0.29, 0.717) is 5.39 Å². The first kappa shape index (κ1) is 10.9. The lowest BCUT2D eigenvalue weighted by Crippen LogP contribution is -1.93. The number of halogens is 1. The van der Waals surface area contributed by atoms with Crippen molar-refractivity contribution < 1.29 is 22.7 Å². The first-order valence-electron chi connectivity index (χ1n) is 3.95. The van der Waals surface area contributed by atoms with Crippen LogP contribution in [0.1, 0.15) is 10.6 Å². The van der Waals surface area contributed by atoms with Crippen molar-refractivity contribution in [2.45, 2.75) is 5.03 Å². The summed E-state index contributed by atoms with van der Waals surface area (Å²) in [6.07, 6.45) is 1.18. The molecule has 2 aromatic heterocycles. The van der Waals surface area contributed by atoms with Crippen LogP contribution in [0.4, 0.5) is 0 Å². The molecule has 2 heterocycles. The number of nitrogens with zero attached hydrogens (tertiary/aromatic N) is 1. The molecule has 0 saturated carbocycles. The summed E-state index contributed by atoms with van der Waals surface area (Å²) in [7, 11) is 1.13. The molecule has 84 valence electrons. The predicted octanol–water partition coefficient (Wildman–Crippen LogP) is 1.45. The average Bonchev–Trinajstić information content (AvgIpc) is 2.58. The van der Waals surface area contributed by atoms with Crippen molar-refractivity contribution >= 4 is 36.7 Å². The number of hydrogen-bond donors (Lipinski definition) is 1. The molecule has 16 heavy (non-hydrogen) atoms. The third-order valence-corrected chi connectivity index (χ3v) is 3.03. The summed E-state index contributed by atoms with van der Waals surface area (Å²) < 4.78 is 26.8. The number of rotatable bonds is 2. The lowest BCUT2D eigenvalue weighted by Gasteiger charge is -1.93. The topological polar surface area (TPSA) is 97.5 Å².